The summed E-state index contributed by atoms with van der Waals surface area (Å²) < 4.78 is 6.31. The Hall–Kier alpha value is -0.126. The molecule has 1 atom stereocenters. The van der Waals surface area contributed by atoms with E-state index in [0.29, 0.717) is 5.73 Å². The molecule has 0 fully saturated rings. The van der Waals surface area contributed by atoms with Crippen molar-refractivity contribution in [2.24, 2.45) is 0 Å². The van der Waals surface area contributed by atoms with E-state index < -0.39 is 17.1 Å². The van der Waals surface area contributed by atoms with Crippen molar-refractivity contribution in [3.63, 3.8) is 0 Å². The van der Waals surface area contributed by atoms with Gasteiger partial charge in [-0.25, -0.2) is 0 Å². The molecule has 0 radical (unpaired) electrons. The number of rotatable bonds is 6. The lowest BCUT2D eigenvalue weighted by molar-refractivity contribution is 0.256. The predicted octanol–water partition coefficient (Wildman–Crippen LogP) is 3.90. The Bertz CT molecular complexity index is 274. The summed E-state index contributed by atoms with van der Waals surface area (Å²) in [6.45, 7) is 11.7. The van der Waals surface area contributed by atoms with Crippen LogP contribution in [0.3, 0.4) is 0 Å². The molecule has 1 aliphatic carbocycles. The predicted molar refractivity (Wildman–Crippen MR) is 78.2 cm³/mol. The number of hydrogen-bond acceptors (Lipinski definition) is 1. The second kappa shape index (κ2) is 5.98. The Kier molecular flexibility index (Phi) is 5.21. The molecule has 92 valence electrons. The summed E-state index contributed by atoms with van der Waals surface area (Å²) in [7, 11) is -2.05. The van der Waals surface area contributed by atoms with Gasteiger partial charge in [-0.3, -0.25) is 0 Å². The van der Waals surface area contributed by atoms with Gasteiger partial charge in [-0.05, 0) is 38.9 Å². The fourth-order valence-corrected chi connectivity index (χ4v) is 6.16. The molecule has 1 rings (SSSR count). The summed E-state index contributed by atoms with van der Waals surface area (Å²) in [4.78, 5) is 0. The van der Waals surface area contributed by atoms with Crippen molar-refractivity contribution in [2.75, 3.05) is 0 Å². The molecule has 0 aromatic heterocycles. The van der Waals surface area contributed by atoms with Crippen LogP contribution in [-0.4, -0.2) is 22.8 Å². The van der Waals surface area contributed by atoms with Gasteiger partial charge >= 0.3 is 0 Å². The molecule has 1 nitrogen and oxygen atoms in total. The number of hydrogen-bond donors (Lipinski definition) is 0. The average Bonchev–Trinajstić information content (AvgIpc) is 2.62. The van der Waals surface area contributed by atoms with Crippen LogP contribution in [-0.2, 0) is 4.43 Å². The third kappa shape index (κ3) is 5.28. The summed E-state index contributed by atoms with van der Waals surface area (Å²) in [5.74, 6) is 0. The average molecular weight is 255 g/mol. The van der Waals surface area contributed by atoms with Crippen molar-refractivity contribution in [3.05, 3.63) is 23.8 Å². The van der Waals surface area contributed by atoms with E-state index in [1.807, 2.05) is 0 Å². The van der Waals surface area contributed by atoms with Crippen LogP contribution >= 0.6 is 0 Å². The maximum Gasteiger partial charge on any atom is 0.183 e. The van der Waals surface area contributed by atoms with Crippen molar-refractivity contribution in [3.8, 4) is 0 Å². The Morgan fingerprint density at radius 1 is 1.38 bits per heavy atom. The van der Waals surface area contributed by atoms with Crippen molar-refractivity contribution < 1.29 is 4.43 Å². The molecule has 0 saturated heterocycles. The molecule has 0 aromatic rings. The van der Waals surface area contributed by atoms with Crippen LogP contribution in [0.5, 0.6) is 0 Å². The third-order valence-corrected chi connectivity index (χ3v) is 6.05. The molecule has 0 N–H and O–H groups in total. The third-order valence-electron chi connectivity index (χ3n) is 2.81. The van der Waals surface area contributed by atoms with Crippen molar-refractivity contribution in [1.82, 2.24) is 0 Å². The molecule has 0 spiro atoms. The highest BCUT2D eigenvalue weighted by Crippen LogP contribution is 2.20. The second-order valence-corrected chi connectivity index (χ2v) is 13.7. The lowest BCUT2D eigenvalue weighted by Gasteiger charge is -2.29. The summed E-state index contributed by atoms with van der Waals surface area (Å²) in [6, 6.07) is 0. The SMILES string of the molecule is C[SiH](C)C(CCC1=CCC=C1)O[Si](C)(C)C. The lowest BCUT2D eigenvalue weighted by Crippen LogP contribution is -2.38. The highest BCUT2D eigenvalue weighted by atomic mass is 28.4. The van der Waals surface area contributed by atoms with Gasteiger partial charge in [0.05, 0.1) is 8.80 Å². The fourth-order valence-electron chi connectivity index (χ4n) is 1.98. The molecule has 3 heteroatoms. The van der Waals surface area contributed by atoms with E-state index in [9.17, 15) is 0 Å². The Morgan fingerprint density at radius 2 is 2.06 bits per heavy atom. The smallest absolute Gasteiger partial charge is 0.183 e. The molecule has 0 aliphatic heterocycles. The summed E-state index contributed by atoms with van der Waals surface area (Å²) in [5.41, 5.74) is 2.08. The van der Waals surface area contributed by atoms with Crippen LogP contribution in [0.25, 0.3) is 0 Å². The van der Waals surface area contributed by atoms with E-state index in [4.69, 9.17) is 4.43 Å². The molecule has 0 aromatic carbocycles. The lowest BCUT2D eigenvalue weighted by atomic mass is 10.1. The van der Waals surface area contributed by atoms with Crippen molar-refractivity contribution >= 4 is 17.1 Å². The van der Waals surface area contributed by atoms with Crippen LogP contribution in [0.1, 0.15) is 19.3 Å². The van der Waals surface area contributed by atoms with E-state index >= 15 is 0 Å². The topological polar surface area (TPSA) is 9.23 Å². The van der Waals surface area contributed by atoms with Crippen LogP contribution < -0.4 is 0 Å². The minimum Gasteiger partial charge on any atom is -0.418 e. The van der Waals surface area contributed by atoms with Crippen LogP contribution in [0.15, 0.2) is 23.8 Å². The largest absolute Gasteiger partial charge is 0.418 e. The van der Waals surface area contributed by atoms with Gasteiger partial charge in [-0.15, -0.1) is 0 Å². The zero-order valence-corrected chi connectivity index (χ0v) is 13.6. The van der Waals surface area contributed by atoms with E-state index in [-0.39, 0.29) is 0 Å². The molecular formula is C13H26OSi2. The van der Waals surface area contributed by atoms with Crippen molar-refractivity contribution in [2.45, 2.75) is 57.7 Å². The fraction of sp³-hybridized carbons (Fsp3) is 0.692. The highest BCUT2D eigenvalue weighted by molar-refractivity contribution is 6.71. The first-order valence-electron chi connectivity index (χ1n) is 6.42. The molecule has 0 heterocycles. The summed E-state index contributed by atoms with van der Waals surface area (Å²) >= 11 is 0. The van der Waals surface area contributed by atoms with E-state index in [0.717, 1.165) is 6.42 Å². The van der Waals surface area contributed by atoms with Crippen molar-refractivity contribution in [1.29, 1.82) is 0 Å². The standard InChI is InChI=1S/C13H26OSi2/c1-15(2)13(14-16(3,4)5)11-10-12-8-6-7-9-12/h6,8-9,13,15H,7,10-11H2,1-5H3. The zero-order valence-electron chi connectivity index (χ0n) is 11.4. The first-order chi connectivity index (χ1) is 7.38. The molecule has 1 aliphatic rings. The first kappa shape index (κ1) is 13.9. The first-order valence-corrected chi connectivity index (χ1v) is 12.8. The van der Waals surface area contributed by atoms with Gasteiger partial charge in [-0.1, -0.05) is 36.9 Å². The van der Waals surface area contributed by atoms with Gasteiger partial charge in [0, 0.05) is 5.73 Å². The van der Waals surface area contributed by atoms with Crippen LogP contribution in [0.4, 0.5) is 0 Å². The zero-order chi connectivity index (χ0) is 12.2. The van der Waals surface area contributed by atoms with Gasteiger partial charge < -0.3 is 4.43 Å². The quantitative estimate of drug-likeness (QED) is 0.653. The van der Waals surface area contributed by atoms with E-state index in [1.54, 1.807) is 0 Å². The van der Waals surface area contributed by atoms with Crippen LogP contribution in [0, 0.1) is 0 Å². The molecule has 0 bridgehead atoms. The summed E-state index contributed by atoms with van der Waals surface area (Å²) in [6.07, 6.45) is 10.4. The van der Waals surface area contributed by atoms with Gasteiger partial charge in [0.1, 0.15) is 0 Å². The van der Waals surface area contributed by atoms with Gasteiger partial charge in [-0.2, -0.15) is 0 Å². The minimum atomic E-state index is -1.36. The Morgan fingerprint density at radius 3 is 2.50 bits per heavy atom. The van der Waals surface area contributed by atoms with Gasteiger partial charge in [0.15, 0.2) is 8.32 Å². The molecule has 0 amide bonds. The molecule has 16 heavy (non-hydrogen) atoms. The van der Waals surface area contributed by atoms with Crippen LogP contribution in [0.2, 0.25) is 32.7 Å². The Balaban J connectivity index is 2.42. The van der Waals surface area contributed by atoms with Gasteiger partial charge in [0.2, 0.25) is 0 Å². The maximum absolute atomic E-state index is 6.31. The Labute approximate surface area is 103 Å². The molecule has 1 unspecified atom stereocenters. The van der Waals surface area contributed by atoms with E-state index in [1.165, 1.54) is 18.4 Å². The van der Waals surface area contributed by atoms with Gasteiger partial charge in [0.25, 0.3) is 0 Å². The highest BCUT2D eigenvalue weighted by Gasteiger charge is 2.23. The minimum absolute atomic E-state index is 0.571. The molecule has 0 saturated carbocycles. The summed E-state index contributed by atoms with van der Waals surface area (Å²) in [5, 5.41) is 0. The second-order valence-electron chi connectivity index (χ2n) is 5.97. The number of allylic oxidation sites excluding steroid dienone is 4. The maximum atomic E-state index is 6.31. The molecular weight excluding hydrogens is 228 g/mol. The monoisotopic (exact) mass is 254 g/mol. The normalized spacial score (nSPS) is 18.0. The van der Waals surface area contributed by atoms with E-state index in [2.05, 4.69) is 51.0 Å².